The zero-order valence-corrected chi connectivity index (χ0v) is 29.3. The van der Waals surface area contributed by atoms with E-state index in [4.69, 9.17) is 11.6 Å². The number of amides is 2. The number of aryl methyl sites for hydroxylation is 1. The van der Waals surface area contributed by atoms with Crippen LogP contribution in [-0.4, -0.2) is 30.0 Å². The molecule has 15 heteroatoms. The molecule has 4 aromatic carbocycles. The predicted molar refractivity (Wildman–Crippen MR) is 187 cm³/mol. The van der Waals surface area contributed by atoms with E-state index < -0.39 is 45.1 Å². The van der Waals surface area contributed by atoms with Gasteiger partial charge in [-0.1, -0.05) is 74.3 Å². The van der Waals surface area contributed by atoms with E-state index in [0.717, 1.165) is 28.9 Å². The Balaban J connectivity index is 1.53. The average Bonchev–Trinajstić information content (AvgIpc) is 3.45. The van der Waals surface area contributed by atoms with Gasteiger partial charge in [0.05, 0.1) is 32.4 Å². The maximum Gasteiger partial charge on any atom is 0.418 e. The molecule has 268 valence electrons. The normalized spacial score (nSPS) is 11.6. The van der Waals surface area contributed by atoms with E-state index in [1.165, 1.54) is 48.5 Å². The van der Waals surface area contributed by atoms with Crippen molar-refractivity contribution in [3.8, 4) is 22.9 Å². The molecule has 0 radical (unpaired) electrons. The minimum Gasteiger partial charge on any atom is -0.326 e. The zero-order valence-electron chi connectivity index (χ0n) is 27.7. The van der Waals surface area contributed by atoms with E-state index in [9.17, 15) is 36.4 Å². The molecule has 0 bridgehead atoms. The third-order valence-electron chi connectivity index (χ3n) is 8.05. The van der Waals surface area contributed by atoms with Crippen LogP contribution in [0.5, 0.6) is 0 Å². The zero-order chi connectivity index (χ0) is 37.8. The summed E-state index contributed by atoms with van der Waals surface area (Å²) in [7, 11) is -4.48. The maximum atomic E-state index is 15.9. The molecule has 2 amide bonds. The lowest BCUT2D eigenvalue weighted by atomic mass is 9.97. The molecule has 9 nitrogen and oxygen atoms in total. The van der Waals surface area contributed by atoms with Gasteiger partial charge in [-0.05, 0) is 60.0 Å². The third kappa shape index (κ3) is 8.01. The number of carbonyl (C=O) groups is 2. The molecule has 1 heterocycles. The quantitative estimate of drug-likeness (QED) is 0.131. The fourth-order valence-corrected chi connectivity index (χ4v) is 6.97. The van der Waals surface area contributed by atoms with Crippen molar-refractivity contribution in [3.05, 3.63) is 129 Å². The summed E-state index contributed by atoms with van der Waals surface area (Å²) in [4.78, 5) is 24.5. The van der Waals surface area contributed by atoms with Crippen LogP contribution in [0.2, 0.25) is 5.02 Å². The molecule has 0 aliphatic heterocycles. The lowest BCUT2D eigenvalue weighted by Gasteiger charge is -2.15. The average molecular weight is 752 g/mol. The highest BCUT2D eigenvalue weighted by atomic mass is 35.5. The summed E-state index contributed by atoms with van der Waals surface area (Å²) in [5, 5.41) is 17.2. The van der Waals surface area contributed by atoms with Crippen molar-refractivity contribution >= 4 is 39.1 Å². The van der Waals surface area contributed by atoms with E-state index >= 15 is 4.39 Å². The van der Waals surface area contributed by atoms with E-state index in [1.54, 1.807) is 19.1 Å². The summed E-state index contributed by atoms with van der Waals surface area (Å²) in [6.45, 7) is 3.40. The van der Waals surface area contributed by atoms with Gasteiger partial charge in [0.25, 0.3) is 15.9 Å². The molecule has 0 saturated heterocycles. The van der Waals surface area contributed by atoms with Crippen LogP contribution >= 0.6 is 11.6 Å². The Labute approximate surface area is 301 Å². The molecule has 0 saturated carbocycles. The number of nitrogens with zero attached hydrogens (tertiary/aromatic N) is 3. The van der Waals surface area contributed by atoms with E-state index in [2.05, 4.69) is 10.4 Å². The largest absolute Gasteiger partial charge is 0.418 e. The first-order chi connectivity index (χ1) is 24.7. The molecule has 0 aliphatic rings. The number of nitriles is 1. The topological polar surface area (TPSA) is 134 Å². The Bertz CT molecular complexity index is 2340. The van der Waals surface area contributed by atoms with Crippen molar-refractivity contribution in [1.82, 2.24) is 14.5 Å². The summed E-state index contributed by atoms with van der Waals surface area (Å²) in [5.74, 6) is -2.18. The van der Waals surface area contributed by atoms with Crippen LogP contribution in [0.25, 0.3) is 16.8 Å². The molecular formula is C37H30ClF4N5O4S. The van der Waals surface area contributed by atoms with Gasteiger partial charge in [0, 0.05) is 29.7 Å². The highest BCUT2D eigenvalue weighted by Crippen LogP contribution is 2.37. The molecule has 0 fully saturated rings. The van der Waals surface area contributed by atoms with E-state index in [0.29, 0.717) is 6.42 Å². The van der Waals surface area contributed by atoms with Crippen LogP contribution in [-0.2, 0) is 33.8 Å². The summed E-state index contributed by atoms with van der Waals surface area (Å²) < 4.78 is 88.1. The first-order valence-corrected chi connectivity index (χ1v) is 17.8. The van der Waals surface area contributed by atoms with Crippen molar-refractivity contribution in [2.45, 2.75) is 50.6 Å². The van der Waals surface area contributed by atoms with E-state index in [1.807, 2.05) is 17.7 Å². The van der Waals surface area contributed by atoms with Crippen LogP contribution in [0.3, 0.4) is 0 Å². The summed E-state index contributed by atoms with van der Waals surface area (Å²) in [5.41, 5.74) is -1.04. The van der Waals surface area contributed by atoms with Gasteiger partial charge < -0.3 is 5.32 Å². The van der Waals surface area contributed by atoms with Gasteiger partial charge in [-0.25, -0.2) is 22.2 Å². The molecule has 0 aliphatic carbocycles. The molecule has 0 atom stereocenters. The van der Waals surface area contributed by atoms with Gasteiger partial charge in [-0.15, -0.1) is 0 Å². The molecule has 52 heavy (non-hydrogen) atoms. The van der Waals surface area contributed by atoms with Crippen LogP contribution in [0.15, 0.2) is 89.8 Å². The number of halogens is 5. The van der Waals surface area contributed by atoms with Gasteiger partial charge in [0.2, 0.25) is 5.91 Å². The van der Waals surface area contributed by atoms with Gasteiger partial charge in [0.15, 0.2) is 0 Å². The van der Waals surface area contributed by atoms with Crippen LogP contribution < -0.4 is 10.0 Å². The standard InChI is InChI=1S/C37H30ClF4N5O4S/c1-3-9-31-27(33(21-43)47(45-31)32-20-24(44-35(48)4-2)16-17-28(32)37(40,41)42)18-23-15-14-22(19-30(23)39)25-10-6-8-13-34(25)52(50,51)46-36(49)26-11-5-7-12-29(26)38/h5-8,10-17,19-20H,3-4,9,18H2,1-2H3,(H,44,48)(H,46,49). The predicted octanol–water partition coefficient (Wildman–Crippen LogP) is 8.23. The number of nitrogens with one attached hydrogen (secondary N) is 2. The van der Waals surface area contributed by atoms with Crippen LogP contribution in [0.1, 0.15) is 65.1 Å². The second-order valence-electron chi connectivity index (χ2n) is 11.6. The van der Waals surface area contributed by atoms with Crippen LogP contribution in [0.4, 0.5) is 23.2 Å². The number of rotatable bonds is 11. The Hall–Kier alpha value is -5.52. The number of alkyl halides is 3. The molecule has 0 spiro atoms. The Kier molecular flexibility index (Phi) is 11.2. The molecule has 5 rings (SSSR count). The molecular weight excluding hydrogens is 722 g/mol. The number of hydrogen-bond donors (Lipinski definition) is 2. The number of aromatic nitrogens is 2. The molecule has 5 aromatic rings. The molecule has 2 N–H and O–H groups in total. The number of hydrogen-bond acceptors (Lipinski definition) is 6. The lowest BCUT2D eigenvalue weighted by Crippen LogP contribution is -2.31. The van der Waals surface area contributed by atoms with Crippen LogP contribution in [0, 0.1) is 17.1 Å². The van der Waals surface area contributed by atoms with Crippen molar-refractivity contribution in [2.24, 2.45) is 0 Å². The van der Waals surface area contributed by atoms with Crippen molar-refractivity contribution < 1.29 is 35.6 Å². The SMILES string of the molecule is CCCc1nn(-c2cc(NC(=O)CC)ccc2C(F)(F)F)c(C#N)c1Cc1ccc(-c2ccccc2S(=O)(=O)NC(=O)c2ccccc2Cl)cc1F. The number of benzene rings is 4. The summed E-state index contributed by atoms with van der Waals surface area (Å²) >= 11 is 6.06. The van der Waals surface area contributed by atoms with Crippen molar-refractivity contribution in [3.63, 3.8) is 0 Å². The first kappa shape index (κ1) is 37.7. The second-order valence-corrected chi connectivity index (χ2v) is 13.6. The second kappa shape index (κ2) is 15.4. The highest BCUT2D eigenvalue weighted by Gasteiger charge is 2.36. The maximum absolute atomic E-state index is 15.9. The highest BCUT2D eigenvalue weighted by molar-refractivity contribution is 7.90. The first-order valence-electron chi connectivity index (χ1n) is 15.9. The van der Waals surface area contributed by atoms with Gasteiger partial charge >= 0.3 is 6.18 Å². The van der Waals surface area contributed by atoms with Crippen molar-refractivity contribution in [1.29, 1.82) is 5.26 Å². The Morgan fingerprint density at radius 1 is 0.981 bits per heavy atom. The molecule has 1 aromatic heterocycles. The van der Waals surface area contributed by atoms with Gasteiger partial charge in [-0.2, -0.15) is 23.5 Å². The molecule has 0 unspecified atom stereocenters. The van der Waals surface area contributed by atoms with Gasteiger partial charge in [0.1, 0.15) is 17.6 Å². The summed E-state index contributed by atoms with van der Waals surface area (Å²) in [6.07, 6.45) is -4.22. The minimum atomic E-state index is -4.84. The number of anilines is 1. The minimum absolute atomic E-state index is 0.0446. The van der Waals surface area contributed by atoms with Crippen molar-refractivity contribution in [2.75, 3.05) is 5.32 Å². The smallest absolute Gasteiger partial charge is 0.326 e. The Morgan fingerprint density at radius 3 is 2.35 bits per heavy atom. The Morgan fingerprint density at radius 2 is 1.69 bits per heavy atom. The number of carbonyl (C=O) groups excluding carboxylic acids is 2. The monoisotopic (exact) mass is 751 g/mol. The fraction of sp³-hybridized carbons (Fsp3) is 0.189. The van der Waals surface area contributed by atoms with Gasteiger partial charge in [-0.3, -0.25) is 9.59 Å². The summed E-state index contributed by atoms with van der Waals surface area (Å²) in [6, 6.07) is 20.4. The third-order valence-corrected chi connectivity index (χ3v) is 9.77. The van der Waals surface area contributed by atoms with E-state index in [-0.39, 0.29) is 74.1 Å². The lowest BCUT2D eigenvalue weighted by molar-refractivity contribution is -0.137. The number of sulfonamides is 1. The fourth-order valence-electron chi connectivity index (χ4n) is 5.55.